The molecule has 0 bridgehead atoms. The molecule has 0 aromatic heterocycles. The first-order chi connectivity index (χ1) is 15.8. The lowest BCUT2D eigenvalue weighted by atomic mass is 9.66. The van der Waals surface area contributed by atoms with E-state index in [0.717, 1.165) is 32.1 Å². The summed E-state index contributed by atoms with van der Waals surface area (Å²) in [5.41, 5.74) is 3.95. The van der Waals surface area contributed by atoms with Crippen LogP contribution in [-0.2, 0) is 9.84 Å². The van der Waals surface area contributed by atoms with Gasteiger partial charge in [-0.25, -0.2) is 8.42 Å². The summed E-state index contributed by atoms with van der Waals surface area (Å²) in [6.45, 7) is 8.88. The van der Waals surface area contributed by atoms with E-state index in [0.29, 0.717) is 34.5 Å². The lowest BCUT2D eigenvalue weighted by Crippen LogP contribution is -2.31. The van der Waals surface area contributed by atoms with Gasteiger partial charge in [0, 0.05) is 0 Å². The van der Waals surface area contributed by atoms with Crippen LogP contribution in [0.4, 0.5) is 0 Å². The van der Waals surface area contributed by atoms with Crippen LogP contribution in [0.1, 0.15) is 65.2 Å². The van der Waals surface area contributed by atoms with E-state index in [1.807, 2.05) is 6.07 Å². The van der Waals surface area contributed by atoms with E-state index < -0.39 is 9.84 Å². The monoisotopic (exact) mass is 468 g/mol. The first kappa shape index (κ1) is 24.5. The van der Waals surface area contributed by atoms with Gasteiger partial charge in [0.15, 0.2) is 9.84 Å². The van der Waals surface area contributed by atoms with Crippen molar-refractivity contribution < 1.29 is 13.5 Å². The van der Waals surface area contributed by atoms with E-state index in [-0.39, 0.29) is 11.9 Å². The van der Waals surface area contributed by atoms with E-state index in [2.05, 4.69) is 32.6 Å². The number of rotatable bonds is 6. The molecule has 0 amide bonds. The molecule has 33 heavy (non-hydrogen) atoms. The summed E-state index contributed by atoms with van der Waals surface area (Å²) in [6, 6.07) is 8.88. The molecule has 5 unspecified atom stereocenters. The minimum absolute atomic E-state index is 0.233. The highest BCUT2D eigenvalue weighted by molar-refractivity contribution is 7.91. The molecule has 180 valence electrons. The summed E-state index contributed by atoms with van der Waals surface area (Å²) in [5.74, 6) is 3.20. The average Bonchev–Trinajstić information content (AvgIpc) is 3.26. The van der Waals surface area contributed by atoms with E-state index in [4.69, 9.17) is 0 Å². The minimum Gasteiger partial charge on any atom is -0.393 e. The number of aliphatic hydroxyl groups is 1. The average molecular weight is 469 g/mol. The Kier molecular flexibility index (Phi) is 7.65. The van der Waals surface area contributed by atoms with Crippen LogP contribution in [0.25, 0.3) is 0 Å². The third-order valence-electron chi connectivity index (χ3n) is 8.65. The van der Waals surface area contributed by atoms with Crippen LogP contribution in [-0.4, -0.2) is 25.4 Å². The molecule has 0 radical (unpaired) electrons. The van der Waals surface area contributed by atoms with Crippen molar-refractivity contribution in [1.82, 2.24) is 0 Å². The number of fused-ring (bicyclic) bond motifs is 1. The van der Waals surface area contributed by atoms with Gasteiger partial charge < -0.3 is 5.11 Å². The molecule has 0 spiro atoms. The summed E-state index contributed by atoms with van der Waals surface area (Å²) in [4.78, 5) is 0.445. The molecule has 3 aliphatic rings. The molecule has 1 N–H and O–H groups in total. The second-order valence-corrected chi connectivity index (χ2v) is 12.9. The van der Waals surface area contributed by atoms with Crippen molar-refractivity contribution in [3.05, 3.63) is 65.8 Å². The molecule has 3 fully saturated rings. The first-order valence-corrected chi connectivity index (χ1v) is 14.4. The van der Waals surface area contributed by atoms with Gasteiger partial charge in [0.2, 0.25) is 0 Å². The zero-order chi connectivity index (χ0) is 23.6. The Hall–Kier alpha value is -1.65. The molecular formula is C29H40O3S. The molecule has 1 aromatic carbocycles. The van der Waals surface area contributed by atoms with Crippen LogP contribution < -0.4 is 0 Å². The highest BCUT2D eigenvalue weighted by Crippen LogP contribution is 2.53. The van der Waals surface area contributed by atoms with Gasteiger partial charge in [0.05, 0.1) is 16.8 Å². The van der Waals surface area contributed by atoms with Crippen molar-refractivity contribution in [1.29, 1.82) is 0 Å². The van der Waals surface area contributed by atoms with E-state index in [1.54, 1.807) is 29.8 Å². The fourth-order valence-corrected chi connectivity index (χ4v) is 8.14. The van der Waals surface area contributed by atoms with Crippen molar-refractivity contribution in [2.24, 2.45) is 29.6 Å². The molecule has 3 nitrogen and oxygen atoms in total. The number of hydrogen-bond acceptors (Lipinski definition) is 3. The Labute approximate surface area is 200 Å². The summed E-state index contributed by atoms with van der Waals surface area (Å²) >= 11 is 0. The van der Waals surface area contributed by atoms with Gasteiger partial charge in [0.25, 0.3) is 0 Å². The number of sulfone groups is 1. The SMILES string of the molecule is C=C1CCC(O)C/C1=C\C=C1/CC[C@@H](C)C2C1CCC2C(C)CCS(=O)(=O)c1ccccc1. The number of benzene rings is 1. The molecule has 0 saturated heterocycles. The van der Waals surface area contributed by atoms with Gasteiger partial charge >= 0.3 is 0 Å². The van der Waals surface area contributed by atoms with Gasteiger partial charge in [-0.05, 0) is 98.7 Å². The number of hydrogen-bond donors (Lipinski definition) is 1. The third kappa shape index (κ3) is 5.54. The molecule has 6 atom stereocenters. The Morgan fingerprint density at radius 1 is 1.09 bits per heavy atom. The van der Waals surface area contributed by atoms with Crippen molar-refractivity contribution in [3.63, 3.8) is 0 Å². The van der Waals surface area contributed by atoms with E-state index in [1.165, 1.54) is 30.4 Å². The van der Waals surface area contributed by atoms with Crippen LogP contribution in [0.15, 0.2) is 70.7 Å². The van der Waals surface area contributed by atoms with Gasteiger partial charge in [-0.15, -0.1) is 0 Å². The summed E-state index contributed by atoms with van der Waals surface area (Å²) in [6.07, 6.45) is 12.3. The van der Waals surface area contributed by atoms with Gasteiger partial charge in [0.1, 0.15) is 0 Å². The number of allylic oxidation sites excluding steroid dienone is 4. The van der Waals surface area contributed by atoms with Crippen molar-refractivity contribution in [3.8, 4) is 0 Å². The molecule has 4 heteroatoms. The zero-order valence-corrected chi connectivity index (χ0v) is 21.1. The smallest absolute Gasteiger partial charge is 0.178 e. The lowest BCUT2D eigenvalue weighted by Gasteiger charge is -2.39. The van der Waals surface area contributed by atoms with Crippen LogP contribution in [0.3, 0.4) is 0 Å². The third-order valence-corrected chi connectivity index (χ3v) is 10.4. The topological polar surface area (TPSA) is 54.4 Å². The highest BCUT2D eigenvalue weighted by atomic mass is 32.2. The molecule has 4 rings (SSSR count). The van der Waals surface area contributed by atoms with Crippen molar-refractivity contribution >= 4 is 9.84 Å². The number of aliphatic hydroxyl groups excluding tert-OH is 1. The Morgan fingerprint density at radius 3 is 2.61 bits per heavy atom. The molecule has 3 aliphatic carbocycles. The molecule has 3 saturated carbocycles. The predicted octanol–water partition coefficient (Wildman–Crippen LogP) is 6.51. The predicted molar refractivity (Wildman–Crippen MR) is 136 cm³/mol. The Bertz CT molecular complexity index is 1000. The van der Waals surface area contributed by atoms with Crippen molar-refractivity contribution in [2.45, 2.75) is 76.2 Å². The second kappa shape index (κ2) is 10.3. The summed E-state index contributed by atoms with van der Waals surface area (Å²) in [7, 11) is -3.22. The fraction of sp³-hybridized carbons (Fsp3) is 0.586. The molecular weight excluding hydrogens is 428 g/mol. The largest absolute Gasteiger partial charge is 0.393 e. The maximum absolute atomic E-state index is 12.8. The quantitative estimate of drug-likeness (QED) is 0.517. The maximum atomic E-state index is 12.8. The van der Waals surface area contributed by atoms with Crippen LogP contribution in [0.2, 0.25) is 0 Å². The van der Waals surface area contributed by atoms with Crippen molar-refractivity contribution in [2.75, 3.05) is 5.75 Å². The fourth-order valence-electron chi connectivity index (χ4n) is 6.65. The van der Waals surface area contributed by atoms with Crippen LogP contribution in [0.5, 0.6) is 0 Å². The highest BCUT2D eigenvalue weighted by Gasteiger charge is 2.45. The second-order valence-electron chi connectivity index (χ2n) is 10.8. The minimum atomic E-state index is -3.22. The molecule has 1 aromatic rings. The van der Waals surface area contributed by atoms with Crippen LogP contribution >= 0.6 is 0 Å². The van der Waals surface area contributed by atoms with E-state index >= 15 is 0 Å². The lowest BCUT2D eigenvalue weighted by molar-refractivity contribution is 0.154. The molecule has 0 heterocycles. The van der Waals surface area contributed by atoms with Gasteiger partial charge in [-0.1, -0.05) is 61.9 Å². The summed E-state index contributed by atoms with van der Waals surface area (Å²) < 4.78 is 25.6. The first-order valence-electron chi connectivity index (χ1n) is 12.8. The standard InChI is InChI=1S/C29H40O3S/c1-20-10-14-25(30)19-24(20)13-12-23-11-9-22(3)29-27(15-16-28(23)29)21(2)17-18-33(31,32)26-7-5-4-6-8-26/h4-8,12-13,21-22,25,27-30H,1,9-11,14-19H2,2-3H3/b23-12+,24-13+/t21?,22-,25?,27?,28?,29?/m1/s1. The van der Waals surface area contributed by atoms with Crippen LogP contribution in [0, 0.1) is 29.6 Å². The molecule has 0 aliphatic heterocycles. The van der Waals surface area contributed by atoms with Gasteiger partial charge in [-0.3, -0.25) is 0 Å². The Morgan fingerprint density at radius 2 is 1.85 bits per heavy atom. The zero-order valence-electron chi connectivity index (χ0n) is 20.2. The normalized spacial score (nSPS) is 33.9. The van der Waals surface area contributed by atoms with E-state index in [9.17, 15) is 13.5 Å². The Balaban J connectivity index is 1.44. The maximum Gasteiger partial charge on any atom is 0.178 e. The van der Waals surface area contributed by atoms with Gasteiger partial charge in [-0.2, -0.15) is 0 Å². The summed E-state index contributed by atoms with van der Waals surface area (Å²) in [5, 5.41) is 10.1.